The van der Waals surface area contributed by atoms with Crippen molar-refractivity contribution in [3.63, 3.8) is 0 Å². The number of amides is 1. The van der Waals surface area contributed by atoms with Crippen molar-refractivity contribution < 1.29 is 14.3 Å². The second-order valence-corrected chi connectivity index (χ2v) is 8.81. The first-order valence-corrected chi connectivity index (χ1v) is 11.5. The van der Waals surface area contributed by atoms with Crippen LogP contribution >= 0.6 is 0 Å². The van der Waals surface area contributed by atoms with Gasteiger partial charge in [0.15, 0.2) is 0 Å². The molecule has 0 radical (unpaired) electrons. The zero-order chi connectivity index (χ0) is 22.5. The molecule has 0 bridgehead atoms. The molecule has 6 nitrogen and oxygen atoms in total. The Hall–Kier alpha value is -2.63. The van der Waals surface area contributed by atoms with E-state index in [4.69, 9.17) is 9.84 Å². The van der Waals surface area contributed by atoms with Gasteiger partial charge in [-0.1, -0.05) is 32.9 Å². The predicted molar refractivity (Wildman–Crippen MR) is 121 cm³/mol. The first-order valence-electron chi connectivity index (χ1n) is 11.5. The molecular weight excluding hydrogens is 390 g/mol. The van der Waals surface area contributed by atoms with Crippen molar-refractivity contribution in [3.05, 3.63) is 46.8 Å². The highest BCUT2D eigenvalue weighted by atomic mass is 16.5. The summed E-state index contributed by atoms with van der Waals surface area (Å²) in [5.41, 5.74) is 4.62. The number of carbonyl (C=O) groups is 2. The number of rotatable bonds is 7. The lowest BCUT2D eigenvalue weighted by Gasteiger charge is -2.31. The van der Waals surface area contributed by atoms with Crippen molar-refractivity contribution in [3.8, 4) is 5.69 Å². The summed E-state index contributed by atoms with van der Waals surface area (Å²) in [6.07, 6.45) is 3.02. The van der Waals surface area contributed by atoms with Crippen LogP contribution in [0.5, 0.6) is 0 Å². The maximum Gasteiger partial charge on any atom is 0.310 e. The van der Waals surface area contributed by atoms with Crippen LogP contribution in [0.25, 0.3) is 5.69 Å². The summed E-state index contributed by atoms with van der Waals surface area (Å²) in [6, 6.07) is 8.20. The van der Waals surface area contributed by atoms with Crippen LogP contribution in [0, 0.1) is 18.8 Å². The topological polar surface area (TPSA) is 64.4 Å². The van der Waals surface area contributed by atoms with Crippen molar-refractivity contribution in [2.75, 3.05) is 19.7 Å². The molecule has 3 rings (SSSR count). The lowest BCUT2D eigenvalue weighted by Crippen LogP contribution is -2.43. The number of aromatic nitrogens is 2. The van der Waals surface area contributed by atoms with Crippen LogP contribution < -0.4 is 0 Å². The number of aryl methyl sites for hydroxylation is 1. The van der Waals surface area contributed by atoms with E-state index in [-0.39, 0.29) is 17.8 Å². The third-order valence-corrected chi connectivity index (χ3v) is 5.78. The smallest absolute Gasteiger partial charge is 0.310 e. The van der Waals surface area contributed by atoms with Crippen molar-refractivity contribution >= 4 is 11.9 Å². The van der Waals surface area contributed by atoms with E-state index in [9.17, 15) is 9.59 Å². The minimum Gasteiger partial charge on any atom is -0.466 e. The molecule has 1 aliphatic heterocycles. The van der Waals surface area contributed by atoms with Gasteiger partial charge in [-0.05, 0) is 63.1 Å². The monoisotopic (exact) mass is 425 g/mol. The predicted octanol–water partition coefficient (Wildman–Crippen LogP) is 4.36. The lowest BCUT2D eigenvalue weighted by atomic mass is 9.96. The quantitative estimate of drug-likeness (QED) is 0.619. The van der Waals surface area contributed by atoms with Crippen LogP contribution in [-0.4, -0.2) is 46.3 Å². The van der Waals surface area contributed by atoms with Crippen LogP contribution in [0.15, 0.2) is 24.3 Å². The highest BCUT2D eigenvalue weighted by Crippen LogP contribution is 2.27. The second-order valence-electron chi connectivity index (χ2n) is 8.81. The van der Waals surface area contributed by atoms with Crippen molar-refractivity contribution in [1.29, 1.82) is 0 Å². The van der Waals surface area contributed by atoms with Gasteiger partial charge in [0, 0.05) is 13.1 Å². The molecule has 31 heavy (non-hydrogen) atoms. The average Bonchev–Trinajstić information content (AvgIpc) is 3.11. The summed E-state index contributed by atoms with van der Waals surface area (Å²) in [6.45, 7) is 11.7. The standard InChI is InChI=1S/C25H35N3O3/c1-6-22-23(24(29)27-13-9-11-19(16-27)25(30)31-7-2)21(14-17(3)4)26-28(22)20-12-8-10-18(5)15-20/h8,10,12,15,17,19H,6-7,9,11,13-14,16H2,1-5H3. The molecule has 1 aromatic carbocycles. The van der Waals surface area contributed by atoms with Gasteiger partial charge in [0.25, 0.3) is 5.91 Å². The third-order valence-electron chi connectivity index (χ3n) is 5.78. The molecule has 168 valence electrons. The van der Waals surface area contributed by atoms with Crippen LogP contribution in [0.2, 0.25) is 0 Å². The minimum atomic E-state index is -0.247. The molecule has 0 spiro atoms. The zero-order valence-electron chi connectivity index (χ0n) is 19.5. The SMILES string of the molecule is CCOC(=O)C1CCCN(C(=O)c2c(CC(C)C)nn(-c3cccc(C)c3)c2CC)C1. The van der Waals surface area contributed by atoms with Gasteiger partial charge in [0.1, 0.15) is 0 Å². The van der Waals surface area contributed by atoms with Crippen LogP contribution in [0.3, 0.4) is 0 Å². The molecular formula is C25H35N3O3. The Morgan fingerprint density at radius 2 is 2.03 bits per heavy atom. The maximum absolute atomic E-state index is 13.7. The van der Waals surface area contributed by atoms with Crippen LogP contribution in [0.4, 0.5) is 0 Å². The average molecular weight is 426 g/mol. The second kappa shape index (κ2) is 10.1. The summed E-state index contributed by atoms with van der Waals surface area (Å²) in [4.78, 5) is 27.8. The Bertz CT molecular complexity index is 932. The first-order chi connectivity index (χ1) is 14.8. The largest absolute Gasteiger partial charge is 0.466 e. The van der Waals surface area contributed by atoms with E-state index < -0.39 is 0 Å². The summed E-state index contributed by atoms with van der Waals surface area (Å²) in [5, 5.41) is 4.91. The van der Waals surface area contributed by atoms with Gasteiger partial charge < -0.3 is 9.64 Å². The van der Waals surface area contributed by atoms with Crippen LogP contribution in [0.1, 0.15) is 67.8 Å². The normalized spacial score (nSPS) is 16.6. The molecule has 2 aromatic rings. The molecule has 1 unspecified atom stereocenters. The molecule has 1 amide bonds. The molecule has 0 saturated carbocycles. The highest BCUT2D eigenvalue weighted by Gasteiger charge is 2.33. The molecule has 2 heterocycles. The van der Waals surface area contributed by atoms with E-state index in [1.807, 2.05) is 28.6 Å². The fraction of sp³-hybridized carbons (Fsp3) is 0.560. The number of hydrogen-bond acceptors (Lipinski definition) is 4. The number of likely N-dealkylation sites (tertiary alicyclic amines) is 1. The molecule has 0 aliphatic carbocycles. The lowest BCUT2D eigenvalue weighted by molar-refractivity contribution is -0.149. The fourth-order valence-corrected chi connectivity index (χ4v) is 4.35. The Morgan fingerprint density at radius 3 is 2.68 bits per heavy atom. The summed E-state index contributed by atoms with van der Waals surface area (Å²) < 4.78 is 7.15. The Balaban J connectivity index is 2.00. The maximum atomic E-state index is 13.7. The van der Waals surface area contributed by atoms with E-state index >= 15 is 0 Å². The van der Waals surface area contributed by atoms with E-state index in [0.29, 0.717) is 37.6 Å². The number of carbonyl (C=O) groups excluding carboxylic acids is 2. The molecule has 1 fully saturated rings. The number of hydrogen-bond donors (Lipinski definition) is 0. The van der Waals surface area contributed by atoms with Gasteiger partial charge in [0.2, 0.25) is 0 Å². The zero-order valence-corrected chi connectivity index (χ0v) is 19.5. The van der Waals surface area contributed by atoms with Crippen molar-refractivity contribution in [1.82, 2.24) is 14.7 Å². The molecule has 0 N–H and O–H groups in total. The summed E-state index contributed by atoms with van der Waals surface area (Å²) in [5.74, 6) is -0.0807. The molecule has 6 heteroatoms. The van der Waals surface area contributed by atoms with Gasteiger partial charge >= 0.3 is 5.97 Å². The number of benzene rings is 1. The molecule has 1 atom stereocenters. The number of piperidine rings is 1. The van der Waals surface area contributed by atoms with Crippen molar-refractivity contribution in [2.45, 2.75) is 60.3 Å². The fourth-order valence-electron chi connectivity index (χ4n) is 4.35. The molecule has 1 aliphatic rings. The highest BCUT2D eigenvalue weighted by molar-refractivity contribution is 5.97. The molecule has 1 saturated heterocycles. The van der Waals surface area contributed by atoms with Gasteiger partial charge in [-0.3, -0.25) is 9.59 Å². The van der Waals surface area contributed by atoms with Gasteiger partial charge in [-0.15, -0.1) is 0 Å². The Labute approximate surface area is 185 Å². The van der Waals surface area contributed by atoms with Crippen LogP contribution in [-0.2, 0) is 22.4 Å². The van der Waals surface area contributed by atoms with Crippen molar-refractivity contribution in [2.24, 2.45) is 11.8 Å². The van der Waals surface area contributed by atoms with E-state index in [2.05, 4.69) is 39.8 Å². The van der Waals surface area contributed by atoms with Gasteiger partial charge in [0.05, 0.1) is 35.2 Å². The van der Waals surface area contributed by atoms with E-state index in [0.717, 1.165) is 41.9 Å². The van der Waals surface area contributed by atoms with E-state index in [1.54, 1.807) is 0 Å². The van der Waals surface area contributed by atoms with Gasteiger partial charge in [-0.2, -0.15) is 5.10 Å². The Kier molecular flexibility index (Phi) is 7.52. The van der Waals surface area contributed by atoms with Gasteiger partial charge in [-0.25, -0.2) is 4.68 Å². The summed E-state index contributed by atoms with van der Waals surface area (Å²) in [7, 11) is 0. The first kappa shape index (κ1) is 23.0. The molecule has 1 aromatic heterocycles. The number of esters is 1. The number of nitrogens with zero attached hydrogens (tertiary/aromatic N) is 3. The van der Waals surface area contributed by atoms with E-state index in [1.165, 1.54) is 0 Å². The Morgan fingerprint density at radius 1 is 1.26 bits per heavy atom. The minimum absolute atomic E-state index is 0.0135. The third kappa shape index (κ3) is 5.17. The number of ether oxygens (including phenoxy) is 1. The summed E-state index contributed by atoms with van der Waals surface area (Å²) >= 11 is 0.